The third-order valence-corrected chi connectivity index (χ3v) is 10.8. The van der Waals surface area contributed by atoms with E-state index in [0.717, 1.165) is 12.8 Å². The van der Waals surface area contributed by atoms with E-state index < -0.39 is 0 Å². The van der Waals surface area contributed by atoms with E-state index in [1.807, 2.05) is 6.20 Å². The van der Waals surface area contributed by atoms with Crippen molar-refractivity contribution in [3.63, 3.8) is 0 Å². The first kappa shape index (κ1) is 27.4. The lowest BCUT2D eigenvalue weighted by atomic mass is 9.70. The lowest BCUT2D eigenvalue weighted by Gasteiger charge is -2.33. The van der Waals surface area contributed by atoms with E-state index in [4.69, 9.17) is 4.98 Å². The summed E-state index contributed by atoms with van der Waals surface area (Å²) >= 11 is 0. The molecule has 0 aliphatic heterocycles. The standard InChI is InChI=1S/C44H38N2/c1-3-5-25-44(26-6-4-2)37-19-11-9-16-33(37)40-41(44)42-35(18-13-27-45-42)39-34-17-10-12-20-38(34)46(43(39)40)31-24-23-30-22-21-29-14-7-8-15-32(29)36(30)28-31/h7-24,27-28H,3-6,25-26H2,1-2H3. The Morgan fingerprint density at radius 2 is 1.30 bits per heavy atom. The van der Waals surface area contributed by atoms with Gasteiger partial charge in [-0.1, -0.05) is 131 Å². The topological polar surface area (TPSA) is 17.8 Å². The van der Waals surface area contributed by atoms with Crippen LogP contribution in [0.5, 0.6) is 0 Å². The molecule has 1 aliphatic carbocycles. The summed E-state index contributed by atoms with van der Waals surface area (Å²) in [7, 11) is 0. The number of pyridine rings is 1. The number of unbranched alkanes of at least 4 members (excludes halogenated alkanes) is 2. The molecule has 2 heteroatoms. The summed E-state index contributed by atoms with van der Waals surface area (Å²) in [5.74, 6) is 0. The summed E-state index contributed by atoms with van der Waals surface area (Å²) in [6.45, 7) is 4.66. The fourth-order valence-corrected chi connectivity index (χ4v) is 8.77. The van der Waals surface area contributed by atoms with Crippen LogP contribution < -0.4 is 0 Å². The Hall–Kier alpha value is -4.95. The van der Waals surface area contributed by atoms with Crippen LogP contribution >= 0.6 is 0 Å². The minimum absolute atomic E-state index is 0.0559. The molecule has 0 bridgehead atoms. The van der Waals surface area contributed by atoms with Gasteiger partial charge in [0, 0.05) is 39.0 Å². The Balaban J connectivity index is 1.50. The lowest BCUT2D eigenvalue weighted by Crippen LogP contribution is -2.26. The summed E-state index contributed by atoms with van der Waals surface area (Å²) in [5.41, 5.74) is 10.6. The van der Waals surface area contributed by atoms with Gasteiger partial charge in [0.05, 0.1) is 16.6 Å². The highest BCUT2D eigenvalue weighted by Crippen LogP contribution is 2.59. The molecule has 2 heterocycles. The van der Waals surface area contributed by atoms with Gasteiger partial charge in [-0.2, -0.15) is 0 Å². The summed E-state index contributed by atoms with van der Waals surface area (Å²) < 4.78 is 2.57. The molecule has 8 aromatic rings. The number of rotatable bonds is 7. The molecular formula is C44H38N2. The average molecular weight is 595 g/mol. The van der Waals surface area contributed by atoms with Gasteiger partial charge in [-0.3, -0.25) is 4.98 Å². The first-order chi connectivity index (χ1) is 22.7. The first-order valence-corrected chi connectivity index (χ1v) is 17.1. The van der Waals surface area contributed by atoms with Crippen LogP contribution in [0.15, 0.2) is 121 Å². The van der Waals surface area contributed by atoms with Crippen LogP contribution in [0.25, 0.3) is 71.1 Å². The van der Waals surface area contributed by atoms with Crippen molar-refractivity contribution < 1.29 is 0 Å². The van der Waals surface area contributed by atoms with E-state index in [9.17, 15) is 0 Å². The van der Waals surface area contributed by atoms with Crippen molar-refractivity contribution in [1.82, 2.24) is 9.55 Å². The van der Waals surface area contributed by atoms with Gasteiger partial charge in [0.1, 0.15) is 0 Å². The molecule has 224 valence electrons. The summed E-state index contributed by atoms with van der Waals surface area (Å²) in [4.78, 5) is 5.25. The molecular weight excluding hydrogens is 556 g/mol. The average Bonchev–Trinajstić information content (AvgIpc) is 3.61. The molecule has 0 saturated heterocycles. The number of benzene rings is 6. The lowest BCUT2D eigenvalue weighted by molar-refractivity contribution is 0.417. The number of aromatic nitrogens is 2. The number of fused-ring (bicyclic) bond motifs is 13. The summed E-state index contributed by atoms with van der Waals surface area (Å²) in [6.07, 6.45) is 9.07. The molecule has 2 aromatic heterocycles. The van der Waals surface area contributed by atoms with Crippen LogP contribution in [0, 0.1) is 0 Å². The van der Waals surface area contributed by atoms with Crippen LogP contribution in [0.1, 0.15) is 63.5 Å². The predicted octanol–water partition coefficient (Wildman–Crippen LogP) is 12.3. The minimum Gasteiger partial charge on any atom is -0.309 e. The fourth-order valence-electron chi connectivity index (χ4n) is 8.77. The van der Waals surface area contributed by atoms with Gasteiger partial charge in [-0.05, 0) is 75.3 Å². The van der Waals surface area contributed by atoms with E-state index in [1.54, 1.807) is 0 Å². The van der Waals surface area contributed by atoms with Crippen molar-refractivity contribution in [2.75, 3.05) is 0 Å². The Labute approximate surface area is 270 Å². The fraction of sp³-hybridized carbons (Fsp3) is 0.205. The molecule has 0 radical (unpaired) electrons. The molecule has 0 fully saturated rings. The Morgan fingerprint density at radius 1 is 0.630 bits per heavy atom. The molecule has 0 amide bonds. The molecule has 2 nitrogen and oxygen atoms in total. The van der Waals surface area contributed by atoms with E-state index in [-0.39, 0.29) is 5.41 Å². The zero-order valence-corrected chi connectivity index (χ0v) is 26.7. The highest BCUT2D eigenvalue weighted by molar-refractivity contribution is 6.27. The van der Waals surface area contributed by atoms with Crippen LogP contribution in [-0.2, 0) is 5.41 Å². The third-order valence-electron chi connectivity index (χ3n) is 10.8. The Morgan fingerprint density at radius 3 is 2.13 bits per heavy atom. The monoisotopic (exact) mass is 594 g/mol. The first-order valence-electron chi connectivity index (χ1n) is 17.1. The second kappa shape index (κ2) is 10.6. The van der Waals surface area contributed by atoms with Gasteiger partial charge < -0.3 is 4.57 Å². The van der Waals surface area contributed by atoms with Crippen molar-refractivity contribution in [2.45, 2.75) is 57.8 Å². The molecule has 0 unspecified atom stereocenters. The smallest absolute Gasteiger partial charge is 0.0757 e. The largest absolute Gasteiger partial charge is 0.309 e. The van der Waals surface area contributed by atoms with Crippen LogP contribution in [-0.4, -0.2) is 9.55 Å². The molecule has 9 rings (SSSR count). The Kier molecular flexibility index (Phi) is 6.28. The Bertz CT molecular complexity index is 2450. The maximum atomic E-state index is 5.25. The highest BCUT2D eigenvalue weighted by atomic mass is 15.0. The molecule has 46 heavy (non-hydrogen) atoms. The SMILES string of the molecule is CCCCC1(CCCC)c2ccccc2-c2c1c1ncccc1c1c3ccccc3n(-c3ccc4ccc5ccccc5c4c3)c21. The quantitative estimate of drug-likeness (QED) is 0.168. The second-order valence-corrected chi connectivity index (χ2v) is 13.3. The zero-order valence-electron chi connectivity index (χ0n) is 26.7. The van der Waals surface area contributed by atoms with E-state index in [2.05, 4.69) is 134 Å². The summed E-state index contributed by atoms with van der Waals surface area (Å²) in [6, 6.07) is 43.1. The van der Waals surface area contributed by atoms with Crippen molar-refractivity contribution in [3.05, 3.63) is 133 Å². The number of nitrogens with zero attached hydrogens (tertiary/aromatic N) is 2. The molecule has 6 aromatic carbocycles. The second-order valence-electron chi connectivity index (χ2n) is 13.3. The molecule has 0 spiro atoms. The highest BCUT2D eigenvalue weighted by Gasteiger charge is 2.45. The van der Waals surface area contributed by atoms with Gasteiger partial charge in [0.2, 0.25) is 0 Å². The van der Waals surface area contributed by atoms with Gasteiger partial charge >= 0.3 is 0 Å². The van der Waals surface area contributed by atoms with Crippen LogP contribution in [0.2, 0.25) is 0 Å². The maximum absolute atomic E-state index is 5.25. The number of hydrogen-bond acceptors (Lipinski definition) is 1. The normalized spacial score (nSPS) is 13.7. The third kappa shape index (κ3) is 3.73. The summed E-state index contributed by atoms with van der Waals surface area (Å²) in [5, 5.41) is 9.00. The predicted molar refractivity (Wildman–Crippen MR) is 196 cm³/mol. The molecule has 0 N–H and O–H groups in total. The van der Waals surface area contributed by atoms with Crippen LogP contribution in [0.3, 0.4) is 0 Å². The van der Waals surface area contributed by atoms with Gasteiger partial charge in [-0.25, -0.2) is 0 Å². The van der Waals surface area contributed by atoms with Crippen molar-refractivity contribution in [1.29, 1.82) is 0 Å². The molecule has 1 aliphatic rings. The van der Waals surface area contributed by atoms with Gasteiger partial charge in [0.15, 0.2) is 0 Å². The van der Waals surface area contributed by atoms with Crippen molar-refractivity contribution >= 4 is 54.3 Å². The maximum Gasteiger partial charge on any atom is 0.0757 e. The van der Waals surface area contributed by atoms with E-state index >= 15 is 0 Å². The number of para-hydroxylation sites is 1. The zero-order chi connectivity index (χ0) is 30.8. The van der Waals surface area contributed by atoms with Gasteiger partial charge in [-0.15, -0.1) is 0 Å². The molecule has 0 atom stereocenters. The number of hydrogen-bond donors (Lipinski definition) is 0. The van der Waals surface area contributed by atoms with E-state index in [0.29, 0.717) is 0 Å². The minimum atomic E-state index is -0.0559. The van der Waals surface area contributed by atoms with Crippen molar-refractivity contribution in [3.8, 4) is 16.8 Å². The molecule has 0 saturated carbocycles. The van der Waals surface area contributed by atoms with E-state index in [1.165, 1.54) is 108 Å². The van der Waals surface area contributed by atoms with Crippen molar-refractivity contribution in [2.24, 2.45) is 0 Å². The van der Waals surface area contributed by atoms with Crippen LogP contribution in [0.4, 0.5) is 0 Å². The van der Waals surface area contributed by atoms with Gasteiger partial charge in [0.25, 0.3) is 0 Å².